The van der Waals surface area contributed by atoms with Gasteiger partial charge in [0.15, 0.2) is 5.78 Å². The zero-order chi connectivity index (χ0) is 17.6. The number of amides is 1. The molecule has 2 aromatic rings. The molecule has 7 nitrogen and oxygen atoms in total. The largest absolute Gasteiger partial charge is 0.312 e. The molecule has 0 radical (unpaired) electrons. The molecule has 1 atom stereocenters. The normalized spacial score (nSPS) is 17.4. The van der Waals surface area contributed by atoms with Crippen LogP contribution in [0.4, 0.5) is 5.69 Å². The van der Waals surface area contributed by atoms with Crippen LogP contribution in [0.3, 0.4) is 0 Å². The van der Waals surface area contributed by atoms with Gasteiger partial charge in [-0.25, -0.2) is 4.68 Å². The zero-order valence-electron chi connectivity index (χ0n) is 14.2. The monoisotopic (exact) mass is 357 g/mol. The Morgan fingerprint density at radius 3 is 2.84 bits per heavy atom. The Kier molecular flexibility index (Phi) is 4.07. The van der Waals surface area contributed by atoms with Gasteiger partial charge in [0.2, 0.25) is 11.1 Å². The molecular formula is C17H19N5O2S. The van der Waals surface area contributed by atoms with E-state index in [1.54, 1.807) is 11.8 Å². The third-order valence-electron chi connectivity index (χ3n) is 4.65. The highest BCUT2D eigenvalue weighted by Crippen LogP contribution is 2.37. The molecule has 4 rings (SSSR count). The van der Waals surface area contributed by atoms with E-state index >= 15 is 0 Å². The highest BCUT2D eigenvalue weighted by molar-refractivity contribution is 8.00. The Bertz CT molecular complexity index is 845. The Balaban J connectivity index is 1.51. The van der Waals surface area contributed by atoms with Crippen LogP contribution in [0.5, 0.6) is 0 Å². The molecule has 25 heavy (non-hydrogen) atoms. The molecule has 0 N–H and O–H groups in total. The van der Waals surface area contributed by atoms with Crippen molar-refractivity contribution in [2.75, 3.05) is 11.4 Å². The maximum absolute atomic E-state index is 12.8. The number of tetrazole rings is 1. The minimum Gasteiger partial charge on any atom is -0.312 e. The molecule has 0 spiro atoms. The first kappa shape index (κ1) is 16.3. The van der Waals surface area contributed by atoms with Gasteiger partial charge in [-0.2, -0.15) is 0 Å². The van der Waals surface area contributed by atoms with Crippen molar-refractivity contribution in [2.45, 2.75) is 49.6 Å². The highest BCUT2D eigenvalue weighted by Gasteiger charge is 2.30. The Morgan fingerprint density at radius 2 is 2.12 bits per heavy atom. The van der Waals surface area contributed by atoms with Crippen molar-refractivity contribution in [3.05, 3.63) is 29.3 Å². The lowest BCUT2D eigenvalue weighted by Gasteiger charge is -2.15. The molecule has 1 aliphatic carbocycles. The summed E-state index contributed by atoms with van der Waals surface area (Å²) in [5, 5.41) is 12.2. The quantitative estimate of drug-likeness (QED) is 0.603. The number of Topliss-reactive ketones (excluding diaryl/α,β-unsaturated/α-hetero) is 1. The Labute approximate surface area is 149 Å². The molecular weight excluding hydrogens is 338 g/mol. The van der Waals surface area contributed by atoms with Gasteiger partial charge in [-0.3, -0.25) is 9.59 Å². The van der Waals surface area contributed by atoms with E-state index in [0.29, 0.717) is 23.3 Å². The molecule has 130 valence electrons. The number of benzene rings is 1. The molecule has 1 amide bonds. The molecule has 1 aromatic heterocycles. The average molecular weight is 357 g/mol. The van der Waals surface area contributed by atoms with Gasteiger partial charge < -0.3 is 4.90 Å². The van der Waals surface area contributed by atoms with Crippen LogP contribution in [0.1, 0.15) is 48.7 Å². The summed E-state index contributed by atoms with van der Waals surface area (Å²) in [6.45, 7) is 4.13. The molecule has 1 unspecified atom stereocenters. The first-order chi connectivity index (χ1) is 12.0. The number of carbonyl (C=O) groups is 2. The van der Waals surface area contributed by atoms with E-state index in [2.05, 4.69) is 15.5 Å². The molecule has 1 aliphatic heterocycles. The number of hydrogen-bond donors (Lipinski definition) is 0. The number of aromatic nitrogens is 4. The van der Waals surface area contributed by atoms with E-state index < -0.39 is 0 Å². The summed E-state index contributed by atoms with van der Waals surface area (Å²) in [4.78, 5) is 26.2. The van der Waals surface area contributed by atoms with E-state index in [9.17, 15) is 9.59 Å². The molecule has 8 heteroatoms. The number of hydrogen-bond acceptors (Lipinski definition) is 6. The smallest absolute Gasteiger partial charge is 0.223 e. The summed E-state index contributed by atoms with van der Waals surface area (Å²) in [5.74, 6) is 0.0908. The number of fused-ring (bicyclic) bond motifs is 1. The van der Waals surface area contributed by atoms with Crippen molar-refractivity contribution in [3.63, 3.8) is 0 Å². The van der Waals surface area contributed by atoms with Crippen LogP contribution in [0.2, 0.25) is 0 Å². The van der Waals surface area contributed by atoms with Crippen molar-refractivity contribution < 1.29 is 9.59 Å². The molecule has 2 heterocycles. The van der Waals surface area contributed by atoms with Gasteiger partial charge >= 0.3 is 0 Å². The molecule has 1 saturated carbocycles. The van der Waals surface area contributed by atoms with Crippen LogP contribution in [-0.4, -0.2) is 43.7 Å². The average Bonchev–Trinajstić information content (AvgIpc) is 3.18. The minimum absolute atomic E-state index is 0.0358. The fourth-order valence-electron chi connectivity index (χ4n) is 3.14. The molecule has 0 saturated heterocycles. The second kappa shape index (κ2) is 6.25. The fraction of sp³-hybridized carbons (Fsp3) is 0.471. The van der Waals surface area contributed by atoms with Crippen LogP contribution in [-0.2, 0) is 11.2 Å². The number of thioether (sulfide) groups is 1. The van der Waals surface area contributed by atoms with E-state index in [1.807, 2.05) is 29.8 Å². The summed E-state index contributed by atoms with van der Waals surface area (Å²) in [6.07, 6.45) is 2.98. The number of carbonyl (C=O) groups excluding carboxylic acids is 2. The summed E-state index contributed by atoms with van der Waals surface area (Å²) in [7, 11) is 0. The standard InChI is InChI=1S/C17H19N5O2S/c1-10(25-17-18-19-20-22(17)14-4-5-14)16(24)13-3-6-15-12(9-13)7-8-21(15)11(2)23/h3,6,9-10,14H,4-5,7-8H2,1-2H3. The Morgan fingerprint density at radius 1 is 1.32 bits per heavy atom. The van der Waals surface area contributed by atoms with Gasteiger partial charge in [0.25, 0.3) is 0 Å². The van der Waals surface area contributed by atoms with Crippen molar-refractivity contribution >= 4 is 29.1 Å². The summed E-state index contributed by atoms with van der Waals surface area (Å²) in [6, 6.07) is 5.99. The van der Waals surface area contributed by atoms with Gasteiger partial charge in [-0.1, -0.05) is 11.8 Å². The van der Waals surface area contributed by atoms with E-state index in [4.69, 9.17) is 0 Å². The first-order valence-corrected chi connectivity index (χ1v) is 9.32. The molecule has 1 aromatic carbocycles. The second-order valence-corrected chi connectivity index (χ2v) is 7.83. The maximum Gasteiger partial charge on any atom is 0.223 e. The van der Waals surface area contributed by atoms with Gasteiger partial charge in [0.1, 0.15) is 0 Å². The number of nitrogens with zero attached hydrogens (tertiary/aromatic N) is 5. The number of anilines is 1. The lowest BCUT2D eigenvalue weighted by atomic mass is 10.0. The number of rotatable bonds is 5. The van der Waals surface area contributed by atoms with Crippen molar-refractivity contribution in [1.29, 1.82) is 0 Å². The van der Waals surface area contributed by atoms with Crippen LogP contribution < -0.4 is 4.90 Å². The van der Waals surface area contributed by atoms with Gasteiger partial charge in [-0.05, 0) is 60.4 Å². The predicted octanol–water partition coefficient (Wildman–Crippen LogP) is 2.28. The van der Waals surface area contributed by atoms with Crippen molar-refractivity contribution in [2.24, 2.45) is 0 Å². The second-order valence-electron chi connectivity index (χ2n) is 6.53. The van der Waals surface area contributed by atoms with Gasteiger partial charge in [-0.15, -0.1) is 5.10 Å². The summed E-state index contributed by atoms with van der Waals surface area (Å²) >= 11 is 1.40. The third-order valence-corrected chi connectivity index (χ3v) is 5.69. The van der Waals surface area contributed by atoms with E-state index in [0.717, 1.165) is 30.5 Å². The van der Waals surface area contributed by atoms with Crippen molar-refractivity contribution in [1.82, 2.24) is 20.2 Å². The van der Waals surface area contributed by atoms with E-state index in [-0.39, 0.29) is 16.9 Å². The summed E-state index contributed by atoms with van der Waals surface area (Å²) < 4.78 is 1.82. The lowest BCUT2D eigenvalue weighted by Crippen LogP contribution is -2.25. The van der Waals surface area contributed by atoms with Gasteiger partial charge in [0, 0.05) is 24.7 Å². The van der Waals surface area contributed by atoms with Crippen LogP contribution >= 0.6 is 11.8 Å². The topological polar surface area (TPSA) is 81.0 Å². The molecule has 0 bridgehead atoms. The first-order valence-electron chi connectivity index (χ1n) is 8.44. The molecule has 2 aliphatic rings. The van der Waals surface area contributed by atoms with Crippen LogP contribution in [0.25, 0.3) is 0 Å². The van der Waals surface area contributed by atoms with Crippen molar-refractivity contribution in [3.8, 4) is 0 Å². The summed E-state index contributed by atoms with van der Waals surface area (Å²) in [5.41, 5.74) is 2.65. The highest BCUT2D eigenvalue weighted by atomic mass is 32.2. The Hall–Kier alpha value is -2.22. The van der Waals surface area contributed by atoms with Crippen LogP contribution in [0.15, 0.2) is 23.4 Å². The minimum atomic E-state index is -0.271. The zero-order valence-corrected chi connectivity index (χ0v) is 15.0. The maximum atomic E-state index is 12.8. The lowest BCUT2D eigenvalue weighted by molar-refractivity contribution is -0.116. The van der Waals surface area contributed by atoms with Crippen LogP contribution in [0, 0.1) is 0 Å². The molecule has 1 fully saturated rings. The van der Waals surface area contributed by atoms with Gasteiger partial charge in [0.05, 0.1) is 11.3 Å². The number of ketones is 1. The fourth-order valence-corrected chi connectivity index (χ4v) is 4.08. The predicted molar refractivity (Wildman–Crippen MR) is 93.9 cm³/mol. The SMILES string of the molecule is CC(=O)N1CCc2cc(C(=O)C(C)Sc3nnnn3C3CC3)ccc21. The third kappa shape index (κ3) is 3.06. The van der Waals surface area contributed by atoms with E-state index in [1.165, 1.54) is 11.8 Å².